The summed E-state index contributed by atoms with van der Waals surface area (Å²) in [6.45, 7) is 3.73. The second-order valence-electron chi connectivity index (χ2n) is 4.73. The molecule has 5 heteroatoms. The average Bonchev–Trinajstić information content (AvgIpc) is 2.35. The molecule has 0 saturated carbocycles. The summed E-state index contributed by atoms with van der Waals surface area (Å²) in [4.78, 5) is 25.9. The molecule has 0 fully saturated rings. The summed E-state index contributed by atoms with van der Waals surface area (Å²) in [5, 5.41) is 3.41. The molecular weight excluding hydrogens is 247 g/mol. The molecule has 4 nitrogen and oxygen atoms in total. The molecule has 0 atom stereocenters. The Balaban J connectivity index is 2.29. The Kier molecular flexibility index (Phi) is 3.64. The largest absolute Gasteiger partial charge is 0.352 e. The maximum absolute atomic E-state index is 13.0. The maximum atomic E-state index is 13.0. The van der Waals surface area contributed by atoms with E-state index in [9.17, 15) is 14.0 Å². The molecule has 0 aliphatic heterocycles. The van der Waals surface area contributed by atoms with E-state index < -0.39 is 5.82 Å². The van der Waals surface area contributed by atoms with Crippen molar-refractivity contribution in [1.82, 2.24) is 10.3 Å². The van der Waals surface area contributed by atoms with Gasteiger partial charge < -0.3 is 10.3 Å². The number of benzene rings is 1. The fourth-order valence-electron chi connectivity index (χ4n) is 1.74. The second kappa shape index (κ2) is 5.22. The molecule has 2 N–H and O–H groups in total. The number of hydrogen-bond acceptors (Lipinski definition) is 2. The van der Waals surface area contributed by atoms with E-state index in [1.807, 2.05) is 0 Å². The highest BCUT2D eigenvalue weighted by atomic mass is 19.1. The molecular formula is C14H15FN2O2. The Labute approximate surface area is 109 Å². The average molecular weight is 262 g/mol. The fraction of sp³-hybridized carbons (Fsp3) is 0.286. The highest BCUT2D eigenvalue weighted by molar-refractivity contribution is 5.80. The van der Waals surface area contributed by atoms with Crippen molar-refractivity contribution in [3.63, 3.8) is 0 Å². The molecule has 2 rings (SSSR count). The summed E-state index contributed by atoms with van der Waals surface area (Å²) in [6.07, 6.45) is 0. The van der Waals surface area contributed by atoms with Crippen LogP contribution in [-0.2, 0) is 11.3 Å². The summed E-state index contributed by atoms with van der Waals surface area (Å²) in [5.74, 6) is -0.642. The monoisotopic (exact) mass is 262 g/mol. The fourth-order valence-corrected chi connectivity index (χ4v) is 1.74. The first kappa shape index (κ1) is 13.3. The number of fused-ring (bicyclic) bond motifs is 1. The van der Waals surface area contributed by atoms with Crippen LogP contribution in [-0.4, -0.2) is 10.9 Å². The van der Waals surface area contributed by atoms with Gasteiger partial charge in [-0.25, -0.2) is 4.39 Å². The number of hydrogen-bond donors (Lipinski definition) is 2. The molecule has 0 unspecified atom stereocenters. The minimum Gasteiger partial charge on any atom is -0.352 e. The molecule has 100 valence electrons. The molecule has 1 amide bonds. The van der Waals surface area contributed by atoms with E-state index in [4.69, 9.17) is 0 Å². The first-order chi connectivity index (χ1) is 8.97. The predicted octanol–water partition coefficient (Wildman–Crippen LogP) is 1.94. The number of amides is 1. The van der Waals surface area contributed by atoms with Gasteiger partial charge in [-0.15, -0.1) is 0 Å². The van der Waals surface area contributed by atoms with E-state index in [2.05, 4.69) is 10.3 Å². The minimum absolute atomic E-state index is 0.112. The minimum atomic E-state index is -0.399. The van der Waals surface area contributed by atoms with Crippen molar-refractivity contribution in [2.45, 2.75) is 20.4 Å². The number of pyridine rings is 1. The topological polar surface area (TPSA) is 62.0 Å². The van der Waals surface area contributed by atoms with Crippen molar-refractivity contribution in [1.29, 1.82) is 0 Å². The lowest BCUT2D eigenvalue weighted by Crippen LogP contribution is -2.29. The van der Waals surface area contributed by atoms with Crippen molar-refractivity contribution >= 4 is 16.8 Å². The summed E-state index contributed by atoms with van der Waals surface area (Å²) in [6, 6.07) is 5.85. The zero-order valence-electron chi connectivity index (χ0n) is 10.8. The van der Waals surface area contributed by atoms with Crippen LogP contribution in [0.15, 0.2) is 29.1 Å². The Morgan fingerprint density at radius 3 is 2.79 bits per heavy atom. The third-order valence-electron chi connectivity index (χ3n) is 2.86. The maximum Gasteiger partial charge on any atom is 0.253 e. The lowest BCUT2D eigenvalue weighted by Gasteiger charge is -2.08. The molecule has 0 aliphatic rings. The van der Waals surface area contributed by atoms with Crippen LogP contribution < -0.4 is 10.9 Å². The van der Waals surface area contributed by atoms with Gasteiger partial charge in [-0.1, -0.05) is 13.8 Å². The van der Waals surface area contributed by atoms with Crippen LogP contribution in [0.25, 0.3) is 10.9 Å². The van der Waals surface area contributed by atoms with Crippen LogP contribution in [0.1, 0.15) is 19.4 Å². The van der Waals surface area contributed by atoms with Crippen LogP contribution in [0, 0.1) is 11.7 Å². The lowest BCUT2D eigenvalue weighted by atomic mass is 10.1. The van der Waals surface area contributed by atoms with E-state index >= 15 is 0 Å². The molecule has 1 aromatic heterocycles. The van der Waals surface area contributed by atoms with Gasteiger partial charge in [-0.05, 0) is 29.7 Å². The van der Waals surface area contributed by atoms with Crippen molar-refractivity contribution in [2.24, 2.45) is 5.92 Å². The number of rotatable bonds is 3. The van der Waals surface area contributed by atoms with Crippen LogP contribution in [0.4, 0.5) is 4.39 Å². The summed E-state index contributed by atoms with van der Waals surface area (Å²) >= 11 is 0. The molecule has 2 aromatic rings. The zero-order valence-corrected chi connectivity index (χ0v) is 10.8. The van der Waals surface area contributed by atoms with Crippen molar-refractivity contribution in [2.75, 3.05) is 0 Å². The number of halogens is 1. The third-order valence-corrected chi connectivity index (χ3v) is 2.86. The van der Waals surface area contributed by atoms with Gasteiger partial charge >= 0.3 is 0 Å². The van der Waals surface area contributed by atoms with Crippen molar-refractivity contribution < 1.29 is 9.18 Å². The van der Waals surface area contributed by atoms with Gasteiger partial charge in [0.1, 0.15) is 5.82 Å². The number of aromatic nitrogens is 1. The summed E-state index contributed by atoms with van der Waals surface area (Å²) in [5.41, 5.74) is 0.583. The lowest BCUT2D eigenvalue weighted by molar-refractivity contribution is -0.124. The number of carbonyl (C=O) groups excluding carboxylic acids is 1. The van der Waals surface area contributed by atoms with Crippen LogP contribution in [0.5, 0.6) is 0 Å². The molecule has 0 spiro atoms. The van der Waals surface area contributed by atoms with Crippen LogP contribution >= 0.6 is 0 Å². The van der Waals surface area contributed by atoms with Crippen LogP contribution in [0.2, 0.25) is 0 Å². The van der Waals surface area contributed by atoms with E-state index in [0.29, 0.717) is 11.1 Å². The number of carbonyl (C=O) groups is 1. The van der Waals surface area contributed by atoms with E-state index in [-0.39, 0.29) is 23.9 Å². The van der Waals surface area contributed by atoms with Crippen molar-refractivity contribution in [3.05, 3.63) is 46.0 Å². The van der Waals surface area contributed by atoms with Gasteiger partial charge in [0, 0.05) is 18.0 Å². The highest BCUT2D eigenvalue weighted by Crippen LogP contribution is 2.12. The Bertz CT molecular complexity index is 677. The first-order valence-electron chi connectivity index (χ1n) is 6.06. The number of aromatic amines is 1. The summed E-state index contributed by atoms with van der Waals surface area (Å²) < 4.78 is 13.0. The molecule has 0 radical (unpaired) electrons. The molecule has 19 heavy (non-hydrogen) atoms. The molecule has 0 saturated heterocycles. The van der Waals surface area contributed by atoms with Gasteiger partial charge in [0.15, 0.2) is 0 Å². The Morgan fingerprint density at radius 2 is 2.11 bits per heavy atom. The van der Waals surface area contributed by atoms with Gasteiger partial charge in [0.05, 0.1) is 5.52 Å². The normalized spacial score (nSPS) is 10.9. The number of H-pyrrole nitrogens is 1. The van der Waals surface area contributed by atoms with Gasteiger partial charge in [0.25, 0.3) is 5.56 Å². The van der Waals surface area contributed by atoms with Gasteiger partial charge in [-0.2, -0.15) is 0 Å². The zero-order chi connectivity index (χ0) is 14.0. The van der Waals surface area contributed by atoms with Crippen molar-refractivity contribution in [3.8, 4) is 0 Å². The Morgan fingerprint density at radius 1 is 1.37 bits per heavy atom. The van der Waals surface area contributed by atoms with Crippen LogP contribution in [0.3, 0.4) is 0 Å². The van der Waals surface area contributed by atoms with E-state index in [1.165, 1.54) is 12.1 Å². The predicted molar refractivity (Wildman–Crippen MR) is 71.2 cm³/mol. The second-order valence-corrected chi connectivity index (χ2v) is 4.73. The van der Waals surface area contributed by atoms with E-state index in [0.717, 1.165) is 5.39 Å². The molecule has 1 heterocycles. The van der Waals surface area contributed by atoms with E-state index in [1.54, 1.807) is 26.0 Å². The number of nitrogens with one attached hydrogen (secondary N) is 2. The smallest absolute Gasteiger partial charge is 0.253 e. The van der Waals surface area contributed by atoms with Gasteiger partial charge in [0.2, 0.25) is 5.91 Å². The molecule has 1 aromatic carbocycles. The molecule has 0 aliphatic carbocycles. The van der Waals surface area contributed by atoms with Gasteiger partial charge in [-0.3, -0.25) is 9.59 Å². The Hall–Kier alpha value is -2.17. The summed E-state index contributed by atoms with van der Waals surface area (Å²) in [7, 11) is 0. The SMILES string of the molecule is CC(C)C(=O)NCc1cc2ccc(F)cc2[nH]c1=O. The standard InChI is InChI=1S/C14H15FN2O2/c1-8(2)13(18)16-7-10-5-9-3-4-11(15)6-12(9)17-14(10)19/h3-6,8H,7H2,1-2H3,(H,16,18)(H,17,19). The third kappa shape index (κ3) is 2.99. The first-order valence-corrected chi connectivity index (χ1v) is 6.06. The quantitative estimate of drug-likeness (QED) is 0.888. The molecule has 0 bridgehead atoms. The highest BCUT2D eigenvalue weighted by Gasteiger charge is 2.08.